The van der Waals surface area contributed by atoms with Crippen LogP contribution in [0.2, 0.25) is 0 Å². The molecule has 1 aliphatic heterocycles. The van der Waals surface area contributed by atoms with Crippen LogP contribution in [0.3, 0.4) is 0 Å². The van der Waals surface area contributed by atoms with E-state index >= 15 is 0 Å². The number of benzene rings is 3. The van der Waals surface area contributed by atoms with Gasteiger partial charge in [-0.2, -0.15) is 0 Å². The van der Waals surface area contributed by atoms with E-state index in [1.807, 2.05) is 12.3 Å². The summed E-state index contributed by atoms with van der Waals surface area (Å²) in [5, 5.41) is 5.88. The first kappa shape index (κ1) is 17.7. The van der Waals surface area contributed by atoms with Gasteiger partial charge >= 0.3 is 0 Å². The second kappa shape index (κ2) is 7.94. The van der Waals surface area contributed by atoms with Gasteiger partial charge in [-0.1, -0.05) is 36.4 Å². The van der Waals surface area contributed by atoms with Crippen LogP contribution in [0.4, 0.5) is 17.2 Å². The normalized spacial score (nSPS) is 14.1. The average Bonchev–Trinajstić information content (AvgIpc) is 2.80. The molecule has 0 atom stereocenters. The zero-order valence-corrected chi connectivity index (χ0v) is 16.2. The fraction of sp³-hybridized carbons (Fsp3) is 0.160. The smallest absolute Gasteiger partial charge is 0.130 e. The van der Waals surface area contributed by atoms with Crippen LogP contribution in [0.15, 0.2) is 85.1 Å². The molecule has 0 aliphatic carbocycles. The van der Waals surface area contributed by atoms with Gasteiger partial charge in [0.1, 0.15) is 5.82 Å². The number of pyridine rings is 1. The number of aromatic nitrogens is 1. The largest absolute Gasteiger partial charge is 0.378 e. The Morgan fingerprint density at radius 2 is 1.52 bits per heavy atom. The molecule has 0 amide bonds. The predicted octanol–water partition coefficient (Wildman–Crippen LogP) is 5.48. The van der Waals surface area contributed by atoms with E-state index in [0.29, 0.717) is 0 Å². The maximum absolute atomic E-state index is 5.42. The lowest BCUT2D eigenvalue weighted by Gasteiger charge is -2.28. The second-order valence-corrected chi connectivity index (χ2v) is 7.27. The van der Waals surface area contributed by atoms with Gasteiger partial charge < -0.3 is 15.0 Å². The predicted molar refractivity (Wildman–Crippen MR) is 120 cm³/mol. The highest BCUT2D eigenvalue weighted by Gasteiger charge is 2.10. The van der Waals surface area contributed by atoms with Crippen molar-refractivity contribution in [1.29, 1.82) is 0 Å². The van der Waals surface area contributed by atoms with Crippen molar-refractivity contribution in [1.82, 2.24) is 4.98 Å². The minimum atomic E-state index is 0.799. The monoisotopic (exact) mass is 381 g/mol. The molecule has 1 fully saturated rings. The topological polar surface area (TPSA) is 37.4 Å². The van der Waals surface area contributed by atoms with Gasteiger partial charge in [0.2, 0.25) is 0 Å². The lowest BCUT2D eigenvalue weighted by molar-refractivity contribution is 0.122. The van der Waals surface area contributed by atoms with Gasteiger partial charge in [-0.25, -0.2) is 4.98 Å². The van der Waals surface area contributed by atoms with Crippen molar-refractivity contribution in [2.75, 3.05) is 36.5 Å². The minimum Gasteiger partial charge on any atom is -0.378 e. The molecule has 2 heterocycles. The number of morpholine rings is 1. The molecule has 1 N–H and O–H groups in total. The molecule has 29 heavy (non-hydrogen) atoms. The molecular weight excluding hydrogens is 358 g/mol. The molecule has 3 aromatic carbocycles. The van der Waals surface area contributed by atoms with E-state index < -0.39 is 0 Å². The zero-order chi connectivity index (χ0) is 19.5. The number of rotatable bonds is 4. The Labute approximate surface area is 170 Å². The molecule has 144 valence electrons. The molecule has 0 saturated carbocycles. The Balaban J connectivity index is 1.29. The molecule has 1 aliphatic rings. The number of nitrogens with zero attached hydrogens (tertiary/aromatic N) is 2. The lowest BCUT2D eigenvalue weighted by Crippen LogP contribution is -2.36. The second-order valence-electron chi connectivity index (χ2n) is 7.27. The number of anilines is 3. The Morgan fingerprint density at radius 3 is 2.28 bits per heavy atom. The first-order chi connectivity index (χ1) is 14.3. The van der Waals surface area contributed by atoms with Crippen molar-refractivity contribution in [3.05, 3.63) is 85.1 Å². The number of nitrogens with one attached hydrogen (secondary N) is 1. The third-order valence-electron chi connectivity index (χ3n) is 5.36. The van der Waals surface area contributed by atoms with E-state index in [-0.39, 0.29) is 0 Å². The minimum absolute atomic E-state index is 0.799. The van der Waals surface area contributed by atoms with E-state index in [1.165, 1.54) is 22.0 Å². The van der Waals surface area contributed by atoms with Gasteiger partial charge in [-0.05, 0) is 58.8 Å². The van der Waals surface area contributed by atoms with Crippen molar-refractivity contribution in [3.8, 4) is 11.1 Å². The number of hydrogen-bond acceptors (Lipinski definition) is 4. The van der Waals surface area contributed by atoms with E-state index in [2.05, 4.69) is 88.0 Å². The Kier molecular flexibility index (Phi) is 4.85. The summed E-state index contributed by atoms with van der Waals surface area (Å²) in [6.07, 6.45) is 1.93. The highest BCUT2D eigenvalue weighted by molar-refractivity contribution is 5.87. The van der Waals surface area contributed by atoms with Gasteiger partial charge in [-0.3, -0.25) is 0 Å². The van der Waals surface area contributed by atoms with Crippen molar-refractivity contribution >= 4 is 28.0 Å². The van der Waals surface area contributed by atoms with Gasteiger partial charge in [0.15, 0.2) is 0 Å². The average molecular weight is 381 g/mol. The molecule has 0 bridgehead atoms. The summed E-state index contributed by atoms with van der Waals surface area (Å²) in [4.78, 5) is 6.96. The van der Waals surface area contributed by atoms with Crippen LogP contribution in [-0.2, 0) is 4.74 Å². The Hall–Kier alpha value is -3.37. The van der Waals surface area contributed by atoms with Gasteiger partial charge in [-0.15, -0.1) is 0 Å². The third kappa shape index (κ3) is 3.93. The Bertz CT molecular complexity index is 1100. The molecule has 0 unspecified atom stereocenters. The molecule has 4 heteroatoms. The maximum atomic E-state index is 5.42. The van der Waals surface area contributed by atoms with Gasteiger partial charge in [0.25, 0.3) is 0 Å². The summed E-state index contributed by atoms with van der Waals surface area (Å²) in [5.41, 5.74) is 4.56. The standard InChI is InChI=1S/C25H23N3O/c1-2-4-20-17-21(6-5-19(20)3-1)22-7-12-25(26-18-22)27-23-8-10-24(11-9-23)28-13-15-29-16-14-28/h1-12,17-18H,13-16H2,(H,26,27). The lowest BCUT2D eigenvalue weighted by atomic mass is 10.0. The molecule has 0 spiro atoms. The molecule has 1 aromatic heterocycles. The zero-order valence-electron chi connectivity index (χ0n) is 16.2. The van der Waals surface area contributed by atoms with Crippen molar-refractivity contribution < 1.29 is 4.74 Å². The summed E-state index contributed by atoms with van der Waals surface area (Å²) < 4.78 is 5.42. The summed E-state index contributed by atoms with van der Waals surface area (Å²) >= 11 is 0. The summed E-state index contributed by atoms with van der Waals surface area (Å²) in [5.74, 6) is 0.841. The molecule has 5 rings (SSSR count). The molecule has 1 saturated heterocycles. The van der Waals surface area contributed by atoms with Crippen molar-refractivity contribution in [2.24, 2.45) is 0 Å². The maximum Gasteiger partial charge on any atom is 0.130 e. The SMILES string of the molecule is c1ccc2cc(-c3ccc(Nc4ccc(N5CCOCC5)cc4)nc3)ccc2c1. The fourth-order valence-electron chi connectivity index (χ4n) is 3.73. The third-order valence-corrected chi connectivity index (χ3v) is 5.36. The van der Waals surface area contributed by atoms with E-state index in [4.69, 9.17) is 4.74 Å². The van der Waals surface area contributed by atoms with Gasteiger partial charge in [0, 0.05) is 36.2 Å². The van der Waals surface area contributed by atoms with E-state index in [0.717, 1.165) is 43.4 Å². The van der Waals surface area contributed by atoms with Crippen LogP contribution in [0.1, 0.15) is 0 Å². The number of ether oxygens (including phenoxy) is 1. The van der Waals surface area contributed by atoms with Gasteiger partial charge in [0.05, 0.1) is 13.2 Å². The number of hydrogen-bond donors (Lipinski definition) is 1. The van der Waals surface area contributed by atoms with Crippen LogP contribution in [0.25, 0.3) is 21.9 Å². The highest BCUT2D eigenvalue weighted by Crippen LogP contribution is 2.26. The Morgan fingerprint density at radius 1 is 0.759 bits per heavy atom. The van der Waals surface area contributed by atoms with Crippen LogP contribution in [-0.4, -0.2) is 31.3 Å². The summed E-state index contributed by atoms with van der Waals surface area (Å²) in [6.45, 7) is 3.50. The fourth-order valence-corrected chi connectivity index (χ4v) is 3.73. The van der Waals surface area contributed by atoms with E-state index in [1.54, 1.807) is 0 Å². The molecule has 4 aromatic rings. The first-order valence-electron chi connectivity index (χ1n) is 10.0. The highest BCUT2D eigenvalue weighted by atomic mass is 16.5. The summed E-state index contributed by atoms with van der Waals surface area (Å²) in [7, 11) is 0. The van der Waals surface area contributed by atoms with Crippen LogP contribution >= 0.6 is 0 Å². The summed E-state index contributed by atoms with van der Waals surface area (Å²) in [6, 6.07) is 27.6. The van der Waals surface area contributed by atoms with Crippen molar-refractivity contribution in [3.63, 3.8) is 0 Å². The van der Waals surface area contributed by atoms with Crippen LogP contribution in [0.5, 0.6) is 0 Å². The molecule has 0 radical (unpaired) electrons. The first-order valence-corrected chi connectivity index (χ1v) is 10.0. The van der Waals surface area contributed by atoms with Crippen LogP contribution in [0, 0.1) is 0 Å². The number of fused-ring (bicyclic) bond motifs is 1. The molecular formula is C25H23N3O. The quantitative estimate of drug-likeness (QED) is 0.508. The molecule has 4 nitrogen and oxygen atoms in total. The van der Waals surface area contributed by atoms with E-state index in [9.17, 15) is 0 Å². The van der Waals surface area contributed by atoms with Crippen molar-refractivity contribution in [2.45, 2.75) is 0 Å². The van der Waals surface area contributed by atoms with Crippen LogP contribution < -0.4 is 10.2 Å².